The van der Waals surface area contributed by atoms with Gasteiger partial charge in [0.1, 0.15) is 11.6 Å². The molecule has 0 unspecified atom stereocenters. The van der Waals surface area contributed by atoms with E-state index in [1.165, 1.54) is 23.5 Å². The third kappa shape index (κ3) is 4.05. The van der Waals surface area contributed by atoms with E-state index < -0.39 is 5.92 Å². The molecule has 0 spiro atoms. The maximum Gasteiger partial charge on any atom is 0.241 e. The van der Waals surface area contributed by atoms with Crippen molar-refractivity contribution in [3.8, 4) is 0 Å². The van der Waals surface area contributed by atoms with Crippen molar-refractivity contribution in [3.63, 3.8) is 0 Å². The van der Waals surface area contributed by atoms with E-state index in [0.717, 1.165) is 11.1 Å². The van der Waals surface area contributed by atoms with Gasteiger partial charge in [0.2, 0.25) is 5.91 Å². The number of thiazole rings is 1. The minimum absolute atomic E-state index is 0.127. The fourth-order valence-electron chi connectivity index (χ4n) is 3.72. The van der Waals surface area contributed by atoms with Crippen molar-refractivity contribution in [3.05, 3.63) is 120 Å². The van der Waals surface area contributed by atoms with Crippen LogP contribution in [0.1, 0.15) is 22.8 Å². The first-order valence-corrected chi connectivity index (χ1v) is 11.0. The minimum atomic E-state index is -0.517. The lowest BCUT2D eigenvalue weighted by Gasteiger charge is -2.25. The van der Waals surface area contributed by atoms with Gasteiger partial charge in [-0.15, -0.1) is 0 Å². The van der Waals surface area contributed by atoms with Gasteiger partial charge in [0.15, 0.2) is 5.13 Å². The summed E-state index contributed by atoms with van der Waals surface area (Å²) in [5.41, 5.74) is 2.43. The Labute approximate surface area is 188 Å². The van der Waals surface area contributed by atoms with Crippen molar-refractivity contribution in [2.24, 2.45) is 0 Å². The third-order valence-electron chi connectivity index (χ3n) is 5.24. The van der Waals surface area contributed by atoms with Gasteiger partial charge in [-0.1, -0.05) is 72.0 Å². The highest BCUT2D eigenvalue weighted by Crippen LogP contribution is 2.34. The monoisotopic (exact) mass is 442 g/mol. The number of anilines is 1. The molecule has 158 valence electrons. The van der Waals surface area contributed by atoms with E-state index in [-0.39, 0.29) is 18.3 Å². The van der Waals surface area contributed by atoms with Crippen molar-refractivity contribution in [2.45, 2.75) is 12.5 Å². The highest BCUT2D eigenvalue weighted by molar-refractivity contribution is 7.22. The van der Waals surface area contributed by atoms with Crippen molar-refractivity contribution in [1.29, 1.82) is 0 Å². The Hall–Kier alpha value is -3.77. The Balaban J connectivity index is 1.62. The molecule has 2 heterocycles. The molecule has 6 heteroatoms. The summed E-state index contributed by atoms with van der Waals surface area (Å²) in [4.78, 5) is 20.4. The number of hydrogen-bond acceptors (Lipinski definition) is 4. The lowest BCUT2D eigenvalue weighted by molar-refractivity contribution is -0.119. The van der Waals surface area contributed by atoms with Gasteiger partial charge in [0.25, 0.3) is 0 Å². The maximum absolute atomic E-state index is 14.1. The van der Waals surface area contributed by atoms with Gasteiger partial charge in [0, 0.05) is 0 Å². The number of benzene rings is 3. The van der Waals surface area contributed by atoms with Crippen LogP contribution in [0.25, 0.3) is 10.2 Å². The van der Waals surface area contributed by atoms with Crippen LogP contribution in [0.2, 0.25) is 0 Å². The van der Waals surface area contributed by atoms with E-state index >= 15 is 0 Å². The van der Waals surface area contributed by atoms with Gasteiger partial charge in [-0.05, 0) is 41.5 Å². The summed E-state index contributed by atoms with van der Waals surface area (Å²) in [7, 11) is 0. The molecule has 0 N–H and O–H groups in total. The molecule has 1 amide bonds. The molecule has 32 heavy (non-hydrogen) atoms. The number of carbonyl (C=O) groups is 1. The number of hydrogen-bond donors (Lipinski definition) is 0. The van der Waals surface area contributed by atoms with Crippen molar-refractivity contribution in [1.82, 2.24) is 4.98 Å². The number of rotatable bonds is 6. The molecule has 0 bridgehead atoms. The Kier molecular flexibility index (Phi) is 5.52. The molecule has 3 aromatic carbocycles. The van der Waals surface area contributed by atoms with Gasteiger partial charge in [-0.3, -0.25) is 9.69 Å². The van der Waals surface area contributed by atoms with E-state index in [4.69, 9.17) is 4.42 Å². The maximum atomic E-state index is 14.1. The average molecular weight is 443 g/mol. The van der Waals surface area contributed by atoms with Crippen molar-refractivity contribution >= 4 is 32.6 Å². The largest absolute Gasteiger partial charge is 0.467 e. The van der Waals surface area contributed by atoms with Gasteiger partial charge >= 0.3 is 0 Å². The average Bonchev–Trinajstić information content (AvgIpc) is 3.48. The van der Waals surface area contributed by atoms with Crippen molar-refractivity contribution < 1.29 is 13.6 Å². The highest BCUT2D eigenvalue weighted by Gasteiger charge is 2.31. The molecular weight excluding hydrogens is 423 g/mol. The highest BCUT2D eigenvalue weighted by atomic mass is 32.1. The first-order chi connectivity index (χ1) is 15.7. The molecule has 0 aliphatic carbocycles. The topological polar surface area (TPSA) is 46.3 Å². The molecule has 0 saturated heterocycles. The zero-order valence-electron chi connectivity index (χ0n) is 17.0. The summed E-state index contributed by atoms with van der Waals surface area (Å²) in [6.07, 6.45) is 1.58. The van der Waals surface area contributed by atoms with Gasteiger partial charge in [0.05, 0.1) is 28.9 Å². The van der Waals surface area contributed by atoms with Gasteiger partial charge < -0.3 is 4.42 Å². The fraction of sp³-hybridized carbons (Fsp3) is 0.0769. The summed E-state index contributed by atoms with van der Waals surface area (Å²) in [6, 6.07) is 27.4. The molecule has 4 nitrogen and oxygen atoms in total. The molecular formula is C26H19FN2O2S. The number of fused-ring (bicyclic) bond motifs is 1. The van der Waals surface area contributed by atoms with E-state index in [2.05, 4.69) is 4.98 Å². The zero-order chi connectivity index (χ0) is 21.9. The first kappa shape index (κ1) is 20.2. The molecule has 2 aromatic heterocycles. The molecule has 0 radical (unpaired) electrons. The van der Waals surface area contributed by atoms with Gasteiger partial charge in [-0.25, -0.2) is 9.37 Å². The number of carbonyl (C=O) groups excluding carboxylic acids is 1. The molecule has 0 fully saturated rings. The second-order valence-corrected chi connectivity index (χ2v) is 8.38. The molecule has 0 saturated carbocycles. The third-order valence-corrected chi connectivity index (χ3v) is 6.28. The van der Waals surface area contributed by atoms with E-state index in [1.54, 1.807) is 23.3 Å². The predicted molar refractivity (Wildman–Crippen MR) is 124 cm³/mol. The second-order valence-electron chi connectivity index (χ2n) is 7.37. The number of amides is 1. The summed E-state index contributed by atoms with van der Waals surface area (Å²) in [5, 5.41) is 0.504. The Bertz CT molecular complexity index is 1300. The molecule has 0 aliphatic rings. The fourth-order valence-corrected chi connectivity index (χ4v) is 4.72. The summed E-state index contributed by atoms with van der Waals surface area (Å²) in [6.45, 7) is 0.226. The second kappa shape index (κ2) is 8.77. The SMILES string of the molecule is O=C(C(c1ccccc1)c1ccccc1)N(Cc1ccco1)c1nc2ccc(F)cc2s1. The van der Waals surface area contributed by atoms with Crippen LogP contribution in [0.3, 0.4) is 0 Å². The Morgan fingerprint density at radius 1 is 0.938 bits per heavy atom. The zero-order valence-corrected chi connectivity index (χ0v) is 17.8. The van der Waals surface area contributed by atoms with E-state index in [1.807, 2.05) is 66.7 Å². The summed E-state index contributed by atoms with van der Waals surface area (Å²) < 4.78 is 20.0. The molecule has 5 aromatic rings. The van der Waals surface area contributed by atoms with Crippen molar-refractivity contribution in [2.75, 3.05) is 4.90 Å². The van der Waals surface area contributed by atoms with E-state index in [0.29, 0.717) is 21.1 Å². The van der Waals surface area contributed by atoms with Crippen LogP contribution in [-0.2, 0) is 11.3 Å². The van der Waals surface area contributed by atoms with Crippen LogP contribution in [-0.4, -0.2) is 10.9 Å². The standard InChI is InChI=1S/C26H19FN2O2S/c27-20-13-14-22-23(16-20)32-26(28-22)29(17-21-12-7-15-31-21)25(30)24(18-8-3-1-4-9-18)19-10-5-2-6-11-19/h1-16,24H,17H2. The van der Waals surface area contributed by atoms with Crippen LogP contribution >= 0.6 is 11.3 Å². The number of halogens is 1. The Morgan fingerprint density at radius 2 is 1.62 bits per heavy atom. The molecule has 0 aliphatic heterocycles. The molecule has 5 rings (SSSR count). The van der Waals surface area contributed by atoms with E-state index in [9.17, 15) is 9.18 Å². The number of nitrogens with zero attached hydrogens (tertiary/aromatic N) is 2. The van der Waals surface area contributed by atoms with Crippen LogP contribution < -0.4 is 4.90 Å². The van der Waals surface area contributed by atoms with Crippen LogP contribution in [0.15, 0.2) is 102 Å². The Morgan fingerprint density at radius 3 is 2.25 bits per heavy atom. The number of aromatic nitrogens is 1. The lowest BCUT2D eigenvalue weighted by atomic mass is 9.90. The summed E-state index contributed by atoms with van der Waals surface area (Å²) in [5.74, 6) is -0.332. The van der Waals surface area contributed by atoms with Crippen LogP contribution in [0, 0.1) is 5.82 Å². The first-order valence-electron chi connectivity index (χ1n) is 10.2. The van der Waals surface area contributed by atoms with Crippen LogP contribution in [0.5, 0.6) is 0 Å². The summed E-state index contributed by atoms with van der Waals surface area (Å²) >= 11 is 1.29. The lowest BCUT2D eigenvalue weighted by Crippen LogP contribution is -2.35. The predicted octanol–water partition coefficient (Wildman–Crippen LogP) is 6.39. The van der Waals surface area contributed by atoms with Gasteiger partial charge in [-0.2, -0.15) is 0 Å². The smallest absolute Gasteiger partial charge is 0.241 e. The quantitative estimate of drug-likeness (QED) is 0.306. The molecule has 0 atom stereocenters. The minimum Gasteiger partial charge on any atom is -0.467 e. The normalized spacial score (nSPS) is 11.2. The number of furan rings is 1. The van der Waals surface area contributed by atoms with Crippen LogP contribution in [0.4, 0.5) is 9.52 Å².